The Hall–Kier alpha value is -1.61. The lowest BCUT2D eigenvalue weighted by Gasteiger charge is -2.20. The molecule has 0 spiro atoms. The molecule has 0 aliphatic carbocycles. The number of hydrogen-bond acceptors (Lipinski definition) is 4. The Morgan fingerprint density at radius 3 is 2.95 bits per heavy atom. The highest BCUT2D eigenvalue weighted by molar-refractivity contribution is 6.32. The maximum atomic E-state index is 12.1. The predicted octanol–water partition coefficient (Wildman–Crippen LogP) is 1.82. The number of carbonyl (C=O) groups excluding carboxylic acids is 1. The molecule has 1 fully saturated rings. The van der Waals surface area contributed by atoms with E-state index in [1.54, 1.807) is 18.2 Å². The standard InChI is InChI=1S/C15H19ClN4O/c1-10-4-11(6-17)8-20(10)9-15(21)19-13-3-2-12(7-18)14(16)5-13/h2-3,5,10-11H,4,6,8-9,17H2,1H3,(H,19,21). The van der Waals surface area contributed by atoms with E-state index in [4.69, 9.17) is 22.6 Å². The Labute approximate surface area is 129 Å². The van der Waals surface area contributed by atoms with Gasteiger partial charge in [-0.1, -0.05) is 11.6 Å². The van der Waals surface area contributed by atoms with Gasteiger partial charge in [0.2, 0.25) is 5.91 Å². The Balaban J connectivity index is 1.93. The number of halogens is 1. The molecule has 0 radical (unpaired) electrons. The fourth-order valence-electron chi connectivity index (χ4n) is 2.68. The van der Waals surface area contributed by atoms with Crippen molar-refractivity contribution in [1.82, 2.24) is 4.90 Å². The number of nitrogens with one attached hydrogen (secondary N) is 1. The maximum Gasteiger partial charge on any atom is 0.238 e. The van der Waals surface area contributed by atoms with E-state index in [9.17, 15) is 4.79 Å². The van der Waals surface area contributed by atoms with Crippen molar-refractivity contribution in [3.63, 3.8) is 0 Å². The fraction of sp³-hybridized carbons (Fsp3) is 0.467. The van der Waals surface area contributed by atoms with E-state index in [0.717, 1.165) is 13.0 Å². The monoisotopic (exact) mass is 306 g/mol. The van der Waals surface area contributed by atoms with Crippen molar-refractivity contribution in [3.8, 4) is 6.07 Å². The largest absolute Gasteiger partial charge is 0.330 e. The second kappa shape index (κ2) is 6.90. The van der Waals surface area contributed by atoms with E-state index in [0.29, 0.717) is 41.3 Å². The van der Waals surface area contributed by atoms with Crippen LogP contribution in [-0.2, 0) is 4.79 Å². The molecule has 2 atom stereocenters. The van der Waals surface area contributed by atoms with Crippen LogP contribution in [0.1, 0.15) is 18.9 Å². The molecule has 1 saturated heterocycles. The number of nitrogens with zero attached hydrogens (tertiary/aromatic N) is 2. The molecule has 21 heavy (non-hydrogen) atoms. The molecule has 0 saturated carbocycles. The van der Waals surface area contributed by atoms with Gasteiger partial charge in [0.1, 0.15) is 6.07 Å². The SMILES string of the molecule is CC1CC(CN)CN1CC(=O)Nc1ccc(C#N)c(Cl)c1. The van der Waals surface area contributed by atoms with Crippen molar-refractivity contribution in [2.45, 2.75) is 19.4 Å². The van der Waals surface area contributed by atoms with Gasteiger partial charge >= 0.3 is 0 Å². The van der Waals surface area contributed by atoms with E-state index in [-0.39, 0.29) is 5.91 Å². The lowest BCUT2D eigenvalue weighted by atomic mass is 10.1. The zero-order valence-electron chi connectivity index (χ0n) is 12.0. The van der Waals surface area contributed by atoms with Gasteiger partial charge in [0, 0.05) is 18.3 Å². The minimum Gasteiger partial charge on any atom is -0.330 e. The molecule has 6 heteroatoms. The number of nitrogens with two attached hydrogens (primary N) is 1. The topological polar surface area (TPSA) is 82.2 Å². The number of amides is 1. The van der Waals surface area contributed by atoms with Crippen molar-refractivity contribution in [2.24, 2.45) is 11.7 Å². The van der Waals surface area contributed by atoms with E-state index >= 15 is 0 Å². The molecular weight excluding hydrogens is 288 g/mol. The predicted molar refractivity (Wildman–Crippen MR) is 83.0 cm³/mol. The molecule has 3 N–H and O–H groups in total. The quantitative estimate of drug-likeness (QED) is 0.889. The van der Waals surface area contributed by atoms with Crippen LogP contribution in [-0.4, -0.2) is 36.5 Å². The van der Waals surface area contributed by atoms with E-state index in [2.05, 4.69) is 17.1 Å². The van der Waals surface area contributed by atoms with Crippen LogP contribution in [0.2, 0.25) is 5.02 Å². The second-order valence-corrected chi connectivity index (χ2v) is 5.88. The van der Waals surface area contributed by atoms with Gasteiger partial charge in [0.25, 0.3) is 0 Å². The van der Waals surface area contributed by atoms with E-state index < -0.39 is 0 Å². The van der Waals surface area contributed by atoms with Crippen LogP contribution < -0.4 is 11.1 Å². The molecule has 2 unspecified atom stereocenters. The van der Waals surface area contributed by atoms with E-state index in [1.165, 1.54) is 0 Å². The minimum absolute atomic E-state index is 0.0831. The minimum atomic E-state index is -0.0831. The van der Waals surface area contributed by atoms with Crippen LogP contribution in [0, 0.1) is 17.2 Å². The molecule has 2 rings (SSSR count). The molecule has 1 aliphatic rings. The normalized spacial score (nSPS) is 22.0. The third kappa shape index (κ3) is 3.94. The average Bonchev–Trinajstić information content (AvgIpc) is 2.79. The first kappa shape index (κ1) is 15.8. The lowest BCUT2D eigenvalue weighted by molar-refractivity contribution is -0.117. The molecule has 1 aromatic rings. The van der Waals surface area contributed by atoms with Crippen molar-refractivity contribution < 1.29 is 4.79 Å². The summed E-state index contributed by atoms with van der Waals surface area (Å²) in [6, 6.07) is 7.22. The first-order chi connectivity index (χ1) is 10.0. The summed E-state index contributed by atoms with van der Waals surface area (Å²) in [7, 11) is 0. The van der Waals surface area contributed by atoms with Gasteiger partial charge in [-0.2, -0.15) is 5.26 Å². The third-order valence-electron chi connectivity index (χ3n) is 3.84. The van der Waals surface area contributed by atoms with Crippen molar-refractivity contribution in [2.75, 3.05) is 25.0 Å². The zero-order valence-corrected chi connectivity index (χ0v) is 12.7. The molecule has 1 amide bonds. The Morgan fingerprint density at radius 1 is 1.62 bits per heavy atom. The van der Waals surface area contributed by atoms with E-state index in [1.807, 2.05) is 6.07 Å². The molecule has 5 nitrogen and oxygen atoms in total. The van der Waals surface area contributed by atoms with Gasteiger partial charge in [-0.25, -0.2) is 0 Å². The van der Waals surface area contributed by atoms with Gasteiger partial charge in [-0.05, 0) is 44.0 Å². The summed E-state index contributed by atoms with van der Waals surface area (Å²) < 4.78 is 0. The summed E-state index contributed by atoms with van der Waals surface area (Å²) >= 11 is 5.95. The number of rotatable bonds is 4. The highest BCUT2D eigenvalue weighted by Crippen LogP contribution is 2.23. The number of carbonyl (C=O) groups is 1. The van der Waals surface area contributed by atoms with Crippen LogP contribution in [0.3, 0.4) is 0 Å². The first-order valence-electron chi connectivity index (χ1n) is 6.97. The fourth-order valence-corrected chi connectivity index (χ4v) is 2.90. The summed E-state index contributed by atoms with van der Waals surface area (Å²) in [6.07, 6.45) is 1.03. The molecule has 0 bridgehead atoms. The van der Waals surface area contributed by atoms with Gasteiger partial charge in [-0.15, -0.1) is 0 Å². The molecular formula is C15H19ClN4O. The first-order valence-corrected chi connectivity index (χ1v) is 7.35. The van der Waals surface area contributed by atoms with Crippen LogP contribution in [0.5, 0.6) is 0 Å². The highest BCUT2D eigenvalue weighted by atomic mass is 35.5. The average molecular weight is 307 g/mol. The van der Waals surface area contributed by atoms with Crippen molar-refractivity contribution in [3.05, 3.63) is 28.8 Å². The summed E-state index contributed by atoms with van der Waals surface area (Å²) in [4.78, 5) is 14.2. The summed E-state index contributed by atoms with van der Waals surface area (Å²) in [6.45, 7) is 3.98. The van der Waals surface area contributed by atoms with Gasteiger partial charge in [-0.3, -0.25) is 9.69 Å². The van der Waals surface area contributed by atoms with Gasteiger partial charge < -0.3 is 11.1 Å². The molecule has 112 valence electrons. The number of hydrogen-bond donors (Lipinski definition) is 2. The van der Waals surface area contributed by atoms with Crippen molar-refractivity contribution >= 4 is 23.2 Å². The summed E-state index contributed by atoms with van der Waals surface area (Å²) in [5.41, 5.74) is 6.69. The number of nitriles is 1. The number of benzene rings is 1. The van der Waals surface area contributed by atoms with Crippen molar-refractivity contribution in [1.29, 1.82) is 5.26 Å². The summed E-state index contributed by atoms with van der Waals surface area (Å²) in [5.74, 6) is 0.387. The second-order valence-electron chi connectivity index (χ2n) is 5.47. The van der Waals surface area contributed by atoms with Crippen LogP contribution >= 0.6 is 11.6 Å². The lowest BCUT2D eigenvalue weighted by Crippen LogP contribution is -2.36. The number of anilines is 1. The number of likely N-dealkylation sites (tertiary alicyclic amines) is 1. The third-order valence-corrected chi connectivity index (χ3v) is 4.16. The molecule has 1 aliphatic heterocycles. The van der Waals surface area contributed by atoms with Crippen LogP contribution in [0.4, 0.5) is 5.69 Å². The molecule has 0 aromatic heterocycles. The Morgan fingerprint density at radius 2 is 2.38 bits per heavy atom. The summed E-state index contributed by atoms with van der Waals surface area (Å²) in [5, 5.41) is 12.0. The molecule has 1 heterocycles. The highest BCUT2D eigenvalue weighted by Gasteiger charge is 2.29. The zero-order chi connectivity index (χ0) is 15.4. The van der Waals surface area contributed by atoms with Crippen LogP contribution in [0.25, 0.3) is 0 Å². The maximum absolute atomic E-state index is 12.1. The van der Waals surface area contributed by atoms with Gasteiger partial charge in [0.05, 0.1) is 17.1 Å². The smallest absolute Gasteiger partial charge is 0.238 e. The molecule has 1 aromatic carbocycles. The van der Waals surface area contributed by atoms with Crippen LogP contribution in [0.15, 0.2) is 18.2 Å². The van der Waals surface area contributed by atoms with Gasteiger partial charge in [0.15, 0.2) is 0 Å². The Bertz CT molecular complexity index is 569. The Kier molecular flexibility index (Phi) is 5.18.